The van der Waals surface area contributed by atoms with Crippen molar-refractivity contribution in [2.24, 2.45) is 11.7 Å². The van der Waals surface area contributed by atoms with E-state index >= 15 is 0 Å². The topological polar surface area (TPSA) is 38.0 Å². The van der Waals surface area contributed by atoms with Gasteiger partial charge in [-0.2, -0.15) is 0 Å². The van der Waals surface area contributed by atoms with Crippen LogP contribution in [0.4, 0.5) is 10.1 Å². The predicted octanol–water partition coefficient (Wildman–Crippen LogP) is 1.76. The van der Waals surface area contributed by atoms with Gasteiger partial charge in [0, 0.05) is 6.04 Å². The number of halogens is 1. The molecule has 0 saturated heterocycles. The van der Waals surface area contributed by atoms with Gasteiger partial charge in [-0.05, 0) is 30.5 Å². The molecule has 2 nitrogen and oxygen atoms in total. The van der Waals surface area contributed by atoms with Crippen molar-refractivity contribution in [2.75, 3.05) is 11.9 Å². The number of nitrogens with one attached hydrogen (secondary N) is 1. The standard InChI is InChI=1S/C11H15FN2/c1-7(6-13)10-5-8-3-2-4-9(12)11(8)14-10/h2-4,7,10,14H,5-6,13H2,1H3. The van der Waals surface area contributed by atoms with Crippen LogP contribution in [0.2, 0.25) is 0 Å². The quantitative estimate of drug-likeness (QED) is 0.752. The number of anilines is 1. The highest BCUT2D eigenvalue weighted by Crippen LogP contribution is 2.30. The molecule has 0 bridgehead atoms. The van der Waals surface area contributed by atoms with Crippen LogP contribution in [0.1, 0.15) is 12.5 Å². The van der Waals surface area contributed by atoms with E-state index in [1.54, 1.807) is 6.07 Å². The Morgan fingerprint density at radius 3 is 3.07 bits per heavy atom. The highest BCUT2D eigenvalue weighted by atomic mass is 19.1. The lowest BCUT2D eigenvalue weighted by Crippen LogP contribution is -2.30. The summed E-state index contributed by atoms with van der Waals surface area (Å²) in [7, 11) is 0. The van der Waals surface area contributed by atoms with E-state index in [4.69, 9.17) is 5.73 Å². The fourth-order valence-corrected chi connectivity index (χ4v) is 1.88. The molecule has 3 N–H and O–H groups in total. The van der Waals surface area contributed by atoms with Crippen molar-refractivity contribution in [3.63, 3.8) is 0 Å². The second-order valence-corrected chi connectivity index (χ2v) is 3.94. The van der Waals surface area contributed by atoms with Crippen molar-refractivity contribution in [1.29, 1.82) is 0 Å². The molecule has 2 unspecified atom stereocenters. The van der Waals surface area contributed by atoms with Crippen LogP contribution >= 0.6 is 0 Å². The van der Waals surface area contributed by atoms with Gasteiger partial charge in [-0.25, -0.2) is 4.39 Å². The Labute approximate surface area is 83.3 Å². The Morgan fingerprint density at radius 1 is 1.64 bits per heavy atom. The number of rotatable bonds is 2. The first-order valence-corrected chi connectivity index (χ1v) is 4.96. The minimum atomic E-state index is -0.158. The summed E-state index contributed by atoms with van der Waals surface area (Å²) in [4.78, 5) is 0. The molecule has 1 aliphatic rings. The van der Waals surface area contributed by atoms with Gasteiger partial charge >= 0.3 is 0 Å². The molecule has 3 heteroatoms. The van der Waals surface area contributed by atoms with E-state index in [9.17, 15) is 4.39 Å². The summed E-state index contributed by atoms with van der Waals surface area (Å²) in [6.45, 7) is 2.72. The number of para-hydroxylation sites is 1. The van der Waals surface area contributed by atoms with Crippen LogP contribution in [-0.4, -0.2) is 12.6 Å². The molecule has 1 aromatic carbocycles. The van der Waals surface area contributed by atoms with Gasteiger partial charge in [0.25, 0.3) is 0 Å². The summed E-state index contributed by atoms with van der Waals surface area (Å²) < 4.78 is 13.3. The second kappa shape index (κ2) is 3.58. The van der Waals surface area contributed by atoms with Crippen LogP contribution in [-0.2, 0) is 6.42 Å². The van der Waals surface area contributed by atoms with Crippen LogP contribution in [0.15, 0.2) is 18.2 Å². The lowest BCUT2D eigenvalue weighted by atomic mass is 9.99. The van der Waals surface area contributed by atoms with Gasteiger partial charge in [0.1, 0.15) is 5.82 Å². The third-order valence-corrected chi connectivity index (χ3v) is 2.93. The largest absolute Gasteiger partial charge is 0.379 e. The molecule has 0 fully saturated rings. The molecule has 0 spiro atoms. The van der Waals surface area contributed by atoms with Gasteiger partial charge < -0.3 is 11.1 Å². The van der Waals surface area contributed by atoms with Gasteiger partial charge in [0.15, 0.2) is 0 Å². The van der Waals surface area contributed by atoms with E-state index in [0.29, 0.717) is 18.2 Å². The van der Waals surface area contributed by atoms with E-state index in [1.807, 2.05) is 6.07 Å². The van der Waals surface area contributed by atoms with Crippen molar-refractivity contribution in [2.45, 2.75) is 19.4 Å². The second-order valence-electron chi connectivity index (χ2n) is 3.94. The zero-order valence-corrected chi connectivity index (χ0v) is 8.26. The first-order chi connectivity index (χ1) is 6.72. The molecular formula is C11H15FN2. The van der Waals surface area contributed by atoms with Gasteiger partial charge in [0.05, 0.1) is 5.69 Å². The maximum Gasteiger partial charge on any atom is 0.146 e. The summed E-state index contributed by atoms with van der Waals surface area (Å²) in [6, 6.07) is 5.49. The van der Waals surface area contributed by atoms with Gasteiger partial charge in [-0.3, -0.25) is 0 Å². The molecular weight excluding hydrogens is 179 g/mol. The Bertz CT molecular complexity index is 338. The first-order valence-electron chi connectivity index (χ1n) is 4.96. The number of benzene rings is 1. The molecule has 2 atom stereocenters. The van der Waals surface area contributed by atoms with Crippen LogP contribution in [0.25, 0.3) is 0 Å². The summed E-state index contributed by atoms with van der Waals surface area (Å²) in [5.74, 6) is 0.219. The Hall–Kier alpha value is -1.09. The van der Waals surface area contributed by atoms with Crippen molar-refractivity contribution in [1.82, 2.24) is 0 Å². The fourth-order valence-electron chi connectivity index (χ4n) is 1.88. The Balaban J connectivity index is 2.22. The van der Waals surface area contributed by atoms with Crippen LogP contribution < -0.4 is 11.1 Å². The van der Waals surface area contributed by atoms with Gasteiger partial charge in [-0.1, -0.05) is 19.1 Å². The number of hydrogen-bond donors (Lipinski definition) is 2. The molecule has 0 aliphatic carbocycles. The van der Waals surface area contributed by atoms with Gasteiger partial charge in [0.2, 0.25) is 0 Å². The predicted molar refractivity (Wildman–Crippen MR) is 55.7 cm³/mol. The lowest BCUT2D eigenvalue weighted by Gasteiger charge is -2.17. The molecule has 0 radical (unpaired) electrons. The number of fused-ring (bicyclic) bond motifs is 1. The first kappa shape index (κ1) is 9.46. The number of nitrogens with two attached hydrogens (primary N) is 1. The van der Waals surface area contributed by atoms with Crippen molar-refractivity contribution in [3.05, 3.63) is 29.6 Å². The van der Waals surface area contributed by atoms with Crippen molar-refractivity contribution < 1.29 is 4.39 Å². The van der Waals surface area contributed by atoms with Crippen LogP contribution in [0.3, 0.4) is 0 Å². The molecule has 1 heterocycles. The summed E-state index contributed by atoms with van der Waals surface area (Å²) >= 11 is 0. The average Bonchev–Trinajstić information content (AvgIpc) is 2.62. The molecule has 2 rings (SSSR count). The van der Waals surface area contributed by atoms with Crippen LogP contribution in [0, 0.1) is 11.7 Å². The van der Waals surface area contributed by atoms with E-state index in [0.717, 1.165) is 12.0 Å². The van der Waals surface area contributed by atoms with Gasteiger partial charge in [-0.15, -0.1) is 0 Å². The van der Waals surface area contributed by atoms with Crippen molar-refractivity contribution >= 4 is 5.69 Å². The molecule has 76 valence electrons. The van der Waals surface area contributed by atoms with E-state index < -0.39 is 0 Å². The Kier molecular flexibility index (Phi) is 2.42. The molecule has 0 saturated carbocycles. The average molecular weight is 194 g/mol. The third kappa shape index (κ3) is 1.48. The highest BCUT2D eigenvalue weighted by Gasteiger charge is 2.26. The molecule has 1 aliphatic heterocycles. The van der Waals surface area contributed by atoms with E-state index in [1.165, 1.54) is 6.07 Å². The SMILES string of the molecule is CC(CN)C1Cc2cccc(F)c2N1. The normalized spacial score (nSPS) is 21.5. The highest BCUT2D eigenvalue weighted by molar-refractivity contribution is 5.57. The maximum absolute atomic E-state index is 13.3. The summed E-state index contributed by atoms with van der Waals surface area (Å²) in [6.07, 6.45) is 0.880. The summed E-state index contributed by atoms with van der Waals surface area (Å²) in [5.41, 5.74) is 7.32. The van der Waals surface area contributed by atoms with Crippen molar-refractivity contribution in [3.8, 4) is 0 Å². The minimum absolute atomic E-state index is 0.158. The van der Waals surface area contributed by atoms with E-state index in [2.05, 4.69) is 12.2 Å². The molecule has 1 aromatic rings. The molecule has 14 heavy (non-hydrogen) atoms. The number of hydrogen-bond acceptors (Lipinski definition) is 2. The molecule has 0 aromatic heterocycles. The zero-order chi connectivity index (χ0) is 10.1. The zero-order valence-electron chi connectivity index (χ0n) is 8.26. The fraction of sp³-hybridized carbons (Fsp3) is 0.455. The Morgan fingerprint density at radius 2 is 2.43 bits per heavy atom. The molecule has 0 amide bonds. The smallest absolute Gasteiger partial charge is 0.146 e. The van der Waals surface area contributed by atoms with Crippen LogP contribution in [0.5, 0.6) is 0 Å². The third-order valence-electron chi connectivity index (χ3n) is 2.93. The lowest BCUT2D eigenvalue weighted by molar-refractivity contribution is 0.502. The monoisotopic (exact) mass is 194 g/mol. The maximum atomic E-state index is 13.3. The minimum Gasteiger partial charge on any atom is -0.379 e. The van der Waals surface area contributed by atoms with E-state index in [-0.39, 0.29) is 11.9 Å². The summed E-state index contributed by atoms with van der Waals surface area (Å²) in [5, 5.41) is 3.20.